The van der Waals surface area contributed by atoms with Crippen LogP contribution in [0.4, 0.5) is 5.82 Å². The number of nitrogen functional groups attached to an aromatic ring is 1. The summed E-state index contributed by atoms with van der Waals surface area (Å²) >= 11 is 5.83. The first kappa shape index (κ1) is 10.0. The zero-order valence-electron chi connectivity index (χ0n) is 8.68. The maximum Gasteiger partial charge on any atom is 0.163 e. The number of anilines is 1. The molecule has 17 heavy (non-hydrogen) atoms. The Morgan fingerprint density at radius 1 is 1.12 bits per heavy atom. The molecule has 3 N–H and O–H groups in total. The quantitative estimate of drug-likeness (QED) is 0.689. The normalized spacial score (nSPS) is 10.9. The van der Waals surface area contributed by atoms with Crippen LogP contribution in [0.1, 0.15) is 0 Å². The molecule has 84 valence electrons. The molecule has 0 atom stereocenters. The molecule has 5 nitrogen and oxygen atoms in total. The summed E-state index contributed by atoms with van der Waals surface area (Å²) in [6, 6.07) is 7.37. The average molecular weight is 246 g/mol. The molecular formula is C11H8ClN5. The zero-order valence-corrected chi connectivity index (χ0v) is 9.44. The molecule has 0 aliphatic rings. The van der Waals surface area contributed by atoms with Crippen LogP contribution in [0.3, 0.4) is 0 Å². The van der Waals surface area contributed by atoms with Crippen molar-refractivity contribution < 1.29 is 0 Å². The Hall–Kier alpha value is -2.14. The number of benzene rings is 1. The van der Waals surface area contributed by atoms with Gasteiger partial charge in [-0.25, -0.2) is 15.0 Å². The third-order valence-electron chi connectivity index (χ3n) is 2.43. The number of aromatic amines is 1. The lowest BCUT2D eigenvalue weighted by molar-refractivity contribution is 1.21. The van der Waals surface area contributed by atoms with Gasteiger partial charge in [-0.3, -0.25) is 0 Å². The van der Waals surface area contributed by atoms with E-state index >= 15 is 0 Å². The maximum atomic E-state index is 5.83. The number of aromatic nitrogens is 4. The van der Waals surface area contributed by atoms with Crippen LogP contribution < -0.4 is 5.73 Å². The zero-order chi connectivity index (χ0) is 11.8. The minimum Gasteiger partial charge on any atom is -0.382 e. The molecule has 3 aromatic rings. The highest BCUT2D eigenvalue weighted by molar-refractivity contribution is 6.30. The van der Waals surface area contributed by atoms with E-state index in [2.05, 4.69) is 19.9 Å². The first-order chi connectivity index (χ1) is 8.24. The van der Waals surface area contributed by atoms with Crippen molar-refractivity contribution >= 4 is 28.6 Å². The summed E-state index contributed by atoms with van der Waals surface area (Å²) in [7, 11) is 0. The lowest BCUT2D eigenvalue weighted by Gasteiger charge is -1.95. The van der Waals surface area contributed by atoms with E-state index in [1.165, 1.54) is 6.33 Å². The second-order valence-corrected chi connectivity index (χ2v) is 3.98. The topological polar surface area (TPSA) is 80.5 Å². The molecule has 0 radical (unpaired) electrons. The first-order valence-electron chi connectivity index (χ1n) is 4.96. The highest BCUT2D eigenvalue weighted by Gasteiger charge is 2.08. The molecule has 0 aliphatic heterocycles. The standard InChI is InChI=1S/C11H8ClN5/c12-7-3-1-6(2-4-7)10-16-8-9(13)14-5-15-11(8)17-10/h1-5H,(H3,13,14,15,16,17). The van der Waals surface area contributed by atoms with Crippen molar-refractivity contribution in [3.8, 4) is 11.4 Å². The molecule has 0 fully saturated rings. The van der Waals surface area contributed by atoms with Crippen LogP contribution in [0.15, 0.2) is 30.6 Å². The van der Waals surface area contributed by atoms with Gasteiger partial charge in [-0.05, 0) is 24.3 Å². The van der Waals surface area contributed by atoms with Crippen LogP contribution in [0, 0.1) is 0 Å². The third kappa shape index (κ3) is 1.70. The minimum absolute atomic E-state index is 0.367. The summed E-state index contributed by atoms with van der Waals surface area (Å²) in [5, 5.41) is 0.684. The van der Waals surface area contributed by atoms with Crippen molar-refractivity contribution in [2.75, 3.05) is 5.73 Å². The summed E-state index contributed by atoms with van der Waals surface area (Å²) in [5.74, 6) is 1.07. The molecule has 3 rings (SSSR count). The van der Waals surface area contributed by atoms with E-state index in [1.807, 2.05) is 12.1 Å². The number of nitrogens with zero attached hydrogens (tertiary/aromatic N) is 3. The number of halogens is 1. The number of fused-ring (bicyclic) bond motifs is 1. The van der Waals surface area contributed by atoms with Gasteiger partial charge in [0.25, 0.3) is 0 Å². The van der Waals surface area contributed by atoms with Crippen LogP contribution in [0.25, 0.3) is 22.6 Å². The summed E-state index contributed by atoms with van der Waals surface area (Å²) in [4.78, 5) is 15.4. The van der Waals surface area contributed by atoms with Gasteiger partial charge in [0.1, 0.15) is 12.2 Å². The van der Waals surface area contributed by atoms with Crippen molar-refractivity contribution in [3.63, 3.8) is 0 Å². The van der Waals surface area contributed by atoms with Gasteiger partial charge in [0.05, 0.1) is 0 Å². The number of imidazole rings is 1. The fourth-order valence-electron chi connectivity index (χ4n) is 1.59. The van der Waals surface area contributed by atoms with Crippen LogP contribution in [-0.4, -0.2) is 19.9 Å². The van der Waals surface area contributed by atoms with E-state index in [0.717, 1.165) is 5.56 Å². The van der Waals surface area contributed by atoms with Crippen molar-refractivity contribution in [2.24, 2.45) is 0 Å². The molecule has 1 aromatic carbocycles. The van der Waals surface area contributed by atoms with Crippen LogP contribution >= 0.6 is 11.6 Å². The van der Waals surface area contributed by atoms with Gasteiger partial charge >= 0.3 is 0 Å². The van der Waals surface area contributed by atoms with E-state index in [1.54, 1.807) is 12.1 Å². The molecule has 6 heteroatoms. The lowest BCUT2D eigenvalue weighted by atomic mass is 10.2. The van der Waals surface area contributed by atoms with E-state index in [0.29, 0.717) is 27.8 Å². The number of hydrogen-bond donors (Lipinski definition) is 2. The molecule has 0 saturated heterocycles. The predicted molar refractivity (Wildman–Crippen MR) is 66.5 cm³/mol. The molecule has 0 saturated carbocycles. The fourth-order valence-corrected chi connectivity index (χ4v) is 1.72. The van der Waals surface area contributed by atoms with E-state index in [-0.39, 0.29) is 0 Å². The van der Waals surface area contributed by atoms with Crippen molar-refractivity contribution in [3.05, 3.63) is 35.6 Å². The van der Waals surface area contributed by atoms with Crippen LogP contribution in [-0.2, 0) is 0 Å². The largest absolute Gasteiger partial charge is 0.382 e. The molecular weight excluding hydrogens is 238 g/mol. The third-order valence-corrected chi connectivity index (χ3v) is 2.68. The highest BCUT2D eigenvalue weighted by atomic mass is 35.5. The minimum atomic E-state index is 0.367. The van der Waals surface area contributed by atoms with Crippen molar-refractivity contribution in [1.82, 2.24) is 19.9 Å². The second-order valence-electron chi connectivity index (χ2n) is 3.55. The fraction of sp³-hybridized carbons (Fsp3) is 0. The van der Waals surface area contributed by atoms with Gasteiger partial charge < -0.3 is 10.7 Å². The van der Waals surface area contributed by atoms with Gasteiger partial charge in [0.15, 0.2) is 17.0 Å². The molecule has 2 heterocycles. The Balaban J connectivity index is 2.18. The number of nitrogens with two attached hydrogens (primary N) is 1. The molecule has 0 bridgehead atoms. The maximum absolute atomic E-state index is 5.83. The first-order valence-corrected chi connectivity index (χ1v) is 5.34. The molecule has 0 spiro atoms. The van der Waals surface area contributed by atoms with Crippen LogP contribution in [0.2, 0.25) is 5.02 Å². The Morgan fingerprint density at radius 3 is 2.59 bits per heavy atom. The monoisotopic (exact) mass is 245 g/mol. The molecule has 2 aromatic heterocycles. The Labute approximate surface area is 102 Å². The SMILES string of the molecule is Nc1ncnc2[nH]c(-c3ccc(Cl)cc3)nc12. The van der Waals surface area contributed by atoms with Gasteiger partial charge in [0, 0.05) is 10.6 Å². The number of hydrogen-bond acceptors (Lipinski definition) is 4. The summed E-state index contributed by atoms with van der Waals surface area (Å²) < 4.78 is 0. The van der Waals surface area contributed by atoms with Crippen LogP contribution in [0.5, 0.6) is 0 Å². The second kappa shape index (κ2) is 3.71. The van der Waals surface area contributed by atoms with Gasteiger partial charge in [-0.15, -0.1) is 0 Å². The number of rotatable bonds is 1. The van der Waals surface area contributed by atoms with Crippen molar-refractivity contribution in [1.29, 1.82) is 0 Å². The van der Waals surface area contributed by atoms with E-state index in [9.17, 15) is 0 Å². The molecule has 0 amide bonds. The number of nitrogens with one attached hydrogen (secondary N) is 1. The Morgan fingerprint density at radius 2 is 1.88 bits per heavy atom. The Bertz CT molecular complexity index is 674. The predicted octanol–water partition coefficient (Wildman–Crippen LogP) is 2.26. The Kier molecular flexibility index (Phi) is 2.19. The van der Waals surface area contributed by atoms with E-state index < -0.39 is 0 Å². The summed E-state index contributed by atoms with van der Waals surface area (Å²) in [6.07, 6.45) is 1.40. The molecule has 0 unspecified atom stereocenters. The summed E-state index contributed by atoms with van der Waals surface area (Å²) in [6.45, 7) is 0. The number of H-pyrrole nitrogens is 1. The average Bonchev–Trinajstić information content (AvgIpc) is 2.75. The van der Waals surface area contributed by atoms with Crippen molar-refractivity contribution in [2.45, 2.75) is 0 Å². The summed E-state index contributed by atoms with van der Waals surface area (Å²) in [5.41, 5.74) is 7.85. The highest BCUT2D eigenvalue weighted by Crippen LogP contribution is 2.22. The van der Waals surface area contributed by atoms with E-state index in [4.69, 9.17) is 17.3 Å². The van der Waals surface area contributed by atoms with Gasteiger partial charge in [0.2, 0.25) is 0 Å². The van der Waals surface area contributed by atoms with Gasteiger partial charge in [-0.1, -0.05) is 11.6 Å². The molecule has 0 aliphatic carbocycles. The van der Waals surface area contributed by atoms with Gasteiger partial charge in [-0.2, -0.15) is 0 Å². The lowest BCUT2D eigenvalue weighted by Crippen LogP contribution is -1.91. The smallest absolute Gasteiger partial charge is 0.163 e.